The Hall–Kier alpha value is -2.66. The van der Waals surface area contributed by atoms with Crippen molar-refractivity contribution in [2.75, 3.05) is 18.9 Å². The number of aliphatic imine (C=N–C) groups is 1. The van der Waals surface area contributed by atoms with Gasteiger partial charge in [-0.25, -0.2) is 4.98 Å². The number of anilines is 1. The van der Waals surface area contributed by atoms with Crippen molar-refractivity contribution in [3.8, 4) is 0 Å². The monoisotopic (exact) mass is 306 g/mol. The summed E-state index contributed by atoms with van der Waals surface area (Å²) in [7, 11) is 0. The molecule has 0 radical (unpaired) electrons. The predicted octanol–water partition coefficient (Wildman–Crippen LogP) is 2.69. The molecule has 23 heavy (non-hydrogen) atoms. The molecule has 3 aromatic rings. The van der Waals surface area contributed by atoms with Gasteiger partial charge in [-0.15, -0.1) is 0 Å². The lowest BCUT2D eigenvalue weighted by Gasteiger charge is -2.06. The first kappa shape index (κ1) is 14.0. The molecule has 2 aromatic heterocycles. The van der Waals surface area contributed by atoms with E-state index in [0.29, 0.717) is 5.82 Å². The van der Waals surface area contributed by atoms with Crippen LogP contribution in [0, 0.1) is 0 Å². The van der Waals surface area contributed by atoms with Crippen molar-refractivity contribution in [2.24, 2.45) is 4.99 Å². The molecule has 1 aliphatic rings. The molecule has 0 aliphatic carbocycles. The average Bonchev–Trinajstić information content (AvgIpc) is 3.22. The SMILES string of the molecule is Nc1nc2cc(C3=CC=NC3)ccc2c2[nH]c(CCCO)cc12. The summed E-state index contributed by atoms with van der Waals surface area (Å²) in [6, 6.07) is 8.30. The molecule has 3 heterocycles. The second-order valence-electron chi connectivity index (χ2n) is 5.82. The quantitative estimate of drug-likeness (QED) is 0.692. The first-order valence-electron chi connectivity index (χ1n) is 7.77. The van der Waals surface area contributed by atoms with E-state index in [-0.39, 0.29) is 6.61 Å². The molecule has 0 saturated heterocycles. The second-order valence-corrected chi connectivity index (χ2v) is 5.82. The zero-order chi connectivity index (χ0) is 15.8. The Kier molecular flexibility index (Phi) is 3.35. The Morgan fingerprint density at radius 2 is 2.13 bits per heavy atom. The van der Waals surface area contributed by atoms with Gasteiger partial charge in [0.05, 0.1) is 17.6 Å². The third-order valence-electron chi connectivity index (χ3n) is 4.28. The highest BCUT2D eigenvalue weighted by atomic mass is 16.2. The topological polar surface area (TPSA) is 87.3 Å². The van der Waals surface area contributed by atoms with Gasteiger partial charge in [0.25, 0.3) is 0 Å². The molecule has 116 valence electrons. The Morgan fingerprint density at radius 3 is 2.91 bits per heavy atom. The minimum Gasteiger partial charge on any atom is -0.396 e. The number of pyridine rings is 1. The van der Waals surface area contributed by atoms with Crippen molar-refractivity contribution in [3.05, 3.63) is 41.6 Å². The number of nitrogens with one attached hydrogen (secondary N) is 1. The molecule has 0 fully saturated rings. The van der Waals surface area contributed by atoms with E-state index in [1.54, 1.807) is 0 Å². The molecule has 0 saturated carbocycles. The number of fused-ring (bicyclic) bond motifs is 3. The summed E-state index contributed by atoms with van der Waals surface area (Å²) >= 11 is 0. The number of rotatable bonds is 4. The molecule has 4 N–H and O–H groups in total. The molecule has 1 aliphatic heterocycles. The largest absolute Gasteiger partial charge is 0.396 e. The Bertz CT molecular complexity index is 952. The maximum atomic E-state index is 9.00. The molecule has 0 bridgehead atoms. The number of hydrogen-bond donors (Lipinski definition) is 3. The molecule has 5 heteroatoms. The van der Waals surface area contributed by atoms with Crippen LogP contribution in [0.1, 0.15) is 17.7 Å². The van der Waals surface area contributed by atoms with Crippen LogP contribution in [0.25, 0.3) is 27.4 Å². The van der Waals surface area contributed by atoms with Crippen LogP contribution in [0.5, 0.6) is 0 Å². The highest BCUT2D eigenvalue weighted by molar-refractivity contribution is 6.09. The average molecular weight is 306 g/mol. The van der Waals surface area contributed by atoms with Crippen LogP contribution in [0.15, 0.2) is 35.3 Å². The molecule has 0 spiro atoms. The van der Waals surface area contributed by atoms with Gasteiger partial charge in [0.15, 0.2) is 0 Å². The predicted molar refractivity (Wildman–Crippen MR) is 94.8 cm³/mol. The summed E-state index contributed by atoms with van der Waals surface area (Å²) in [5.74, 6) is 0.535. The van der Waals surface area contributed by atoms with Crippen LogP contribution in [-0.2, 0) is 6.42 Å². The number of aliphatic hydroxyl groups is 1. The number of aryl methyl sites for hydroxylation is 1. The smallest absolute Gasteiger partial charge is 0.133 e. The number of allylic oxidation sites excluding steroid dienone is 1. The van der Waals surface area contributed by atoms with Crippen molar-refractivity contribution in [2.45, 2.75) is 12.8 Å². The first-order chi connectivity index (χ1) is 11.3. The van der Waals surface area contributed by atoms with E-state index in [9.17, 15) is 0 Å². The minimum absolute atomic E-state index is 0.185. The van der Waals surface area contributed by atoms with E-state index < -0.39 is 0 Å². The van der Waals surface area contributed by atoms with Gasteiger partial charge in [0, 0.05) is 29.3 Å². The van der Waals surface area contributed by atoms with Gasteiger partial charge in [-0.2, -0.15) is 0 Å². The lowest BCUT2D eigenvalue weighted by Crippen LogP contribution is -1.93. The number of nitrogen functional groups attached to an aromatic ring is 1. The number of H-pyrrole nitrogens is 1. The molecule has 0 amide bonds. The molecule has 0 unspecified atom stereocenters. The summed E-state index contributed by atoms with van der Waals surface area (Å²) in [5.41, 5.74) is 11.5. The van der Waals surface area contributed by atoms with Crippen molar-refractivity contribution in [3.63, 3.8) is 0 Å². The van der Waals surface area contributed by atoms with Gasteiger partial charge in [-0.3, -0.25) is 4.99 Å². The fraction of sp³-hybridized carbons (Fsp3) is 0.222. The fourth-order valence-electron chi connectivity index (χ4n) is 3.09. The van der Waals surface area contributed by atoms with Crippen LogP contribution in [0.4, 0.5) is 5.82 Å². The summed E-state index contributed by atoms with van der Waals surface area (Å²) in [5, 5.41) is 11.0. The van der Waals surface area contributed by atoms with Gasteiger partial charge in [-0.05, 0) is 42.2 Å². The number of aromatic amines is 1. The maximum Gasteiger partial charge on any atom is 0.133 e. The lowest BCUT2D eigenvalue weighted by atomic mass is 10.0. The van der Waals surface area contributed by atoms with Crippen molar-refractivity contribution >= 4 is 39.4 Å². The van der Waals surface area contributed by atoms with Gasteiger partial charge in [-0.1, -0.05) is 12.1 Å². The first-order valence-corrected chi connectivity index (χ1v) is 7.77. The van der Waals surface area contributed by atoms with Crippen LogP contribution in [-0.4, -0.2) is 34.4 Å². The van der Waals surface area contributed by atoms with Crippen LogP contribution < -0.4 is 5.73 Å². The number of nitrogens with zero attached hydrogens (tertiary/aromatic N) is 2. The molecule has 4 rings (SSSR count). The van der Waals surface area contributed by atoms with Crippen LogP contribution in [0.2, 0.25) is 0 Å². The van der Waals surface area contributed by atoms with Crippen molar-refractivity contribution < 1.29 is 5.11 Å². The summed E-state index contributed by atoms with van der Waals surface area (Å²) < 4.78 is 0. The van der Waals surface area contributed by atoms with Gasteiger partial charge in [0.1, 0.15) is 5.82 Å². The number of aliphatic hydroxyl groups excluding tert-OH is 1. The minimum atomic E-state index is 0.185. The van der Waals surface area contributed by atoms with Gasteiger partial charge >= 0.3 is 0 Å². The second kappa shape index (κ2) is 5.52. The standard InChI is InChI=1S/C18H18N4O/c19-18-15-9-13(2-1-7-23)21-17(15)14-4-3-11(8-16(14)22-18)12-5-6-20-10-12/h3-6,8-9,21,23H,1-2,7,10H2,(H2,19,22). The Morgan fingerprint density at radius 1 is 1.22 bits per heavy atom. The third-order valence-corrected chi connectivity index (χ3v) is 4.28. The zero-order valence-corrected chi connectivity index (χ0v) is 12.7. The third kappa shape index (κ3) is 2.39. The molecule has 1 aromatic carbocycles. The summed E-state index contributed by atoms with van der Waals surface area (Å²) in [6.45, 7) is 0.904. The number of hydrogen-bond acceptors (Lipinski definition) is 4. The van der Waals surface area contributed by atoms with Crippen molar-refractivity contribution in [1.82, 2.24) is 9.97 Å². The Balaban J connectivity index is 1.85. The number of benzene rings is 1. The summed E-state index contributed by atoms with van der Waals surface area (Å²) in [6.07, 6.45) is 5.40. The zero-order valence-electron chi connectivity index (χ0n) is 12.7. The van der Waals surface area contributed by atoms with E-state index in [0.717, 1.165) is 52.4 Å². The molecule has 5 nitrogen and oxygen atoms in total. The van der Waals surface area contributed by atoms with Gasteiger partial charge in [0.2, 0.25) is 0 Å². The fourth-order valence-corrected chi connectivity index (χ4v) is 3.09. The van der Waals surface area contributed by atoms with E-state index >= 15 is 0 Å². The molecular formula is C18H18N4O. The van der Waals surface area contributed by atoms with E-state index in [2.05, 4.69) is 33.2 Å². The normalized spacial score (nSPS) is 14.0. The van der Waals surface area contributed by atoms with E-state index in [4.69, 9.17) is 10.8 Å². The number of nitrogens with two attached hydrogens (primary N) is 1. The van der Waals surface area contributed by atoms with Crippen LogP contribution >= 0.6 is 0 Å². The Labute approximate surface area is 133 Å². The molecular weight excluding hydrogens is 288 g/mol. The van der Waals surface area contributed by atoms with Crippen molar-refractivity contribution in [1.29, 1.82) is 0 Å². The lowest BCUT2D eigenvalue weighted by molar-refractivity contribution is 0.288. The highest BCUT2D eigenvalue weighted by Gasteiger charge is 2.12. The highest BCUT2D eigenvalue weighted by Crippen LogP contribution is 2.30. The van der Waals surface area contributed by atoms with E-state index in [1.165, 1.54) is 5.57 Å². The van der Waals surface area contributed by atoms with Crippen LogP contribution in [0.3, 0.4) is 0 Å². The maximum absolute atomic E-state index is 9.00. The number of aromatic nitrogens is 2. The van der Waals surface area contributed by atoms with E-state index in [1.807, 2.05) is 18.4 Å². The summed E-state index contributed by atoms with van der Waals surface area (Å²) in [4.78, 5) is 12.2. The molecule has 0 atom stereocenters. The van der Waals surface area contributed by atoms with Gasteiger partial charge < -0.3 is 15.8 Å².